The van der Waals surface area contributed by atoms with Crippen LogP contribution in [0, 0.1) is 5.41 Å². The summed E-state index contributed by atoms with van der Waals surface area (Å²) in [4.78, 5) is 15.3. The molecule has 1 atom stereocenters. The Morgan fingerprint density at radius 3 is 2.90 bits per heavy atom. The average Bonchev–Trinajstić information content (AvgIpc) is 2.91. The Hall–Kier alpha value is -0.910. The van der Waals surface area contributed by atoms with Crippen LogP contribution in [0.15, 0.2) is 17.5 Å². The molecule has 2 heterocycles. The van der Waals surface area contributed by atoms with Crippen molar-refractivity contribution in [2.75, 3.05) is 19.8 Å². The van der Waals surface area contributed by atoms with Crippen molar-refractivity contribution < 1.29 is 14.6 Å². The second-order valence-corrected chi connectivity index (χ2v) is 6.85. The van der Waals surface area contributed by atoms with Gasteiger partial charge in [-0.3, -0.25) is 9.69 Å². The zero-order valence-electron chi connectivity index (χ0n) is 12.2. The molecule has 1 N–H and O–H groups in total. The fourth-order valence-corrected chi connectivity index (χ4v) is 3.36. The van der Waals surface area contributed by atoms with Gasteiger partial charge in [0.1, 0.15) is 5.41 Å². The molecule has 0 saturated carbocycles. The maximum Gasteiger partial charge on any atom is 0.313 e. The van der Waals surface area contributed by atoms with E-state index in [9.17, 15) is 9.90 Å². The quantitative estimate of drug-likeness (QED) is 0.877. The lowest BCUT2D eigenvalue weighted by Crippen LogP contribution is -2.49. The second kappa shape index (κ2) is 6.70. The molecule has 0 spiro atoms. The summed E-state index contributed by atoms with van der Waals surface area (Å²) in [5, 5.41) is 11.7. The monoisotopic (exact) mass is 297 g/mol. The van der Waals surface area contributed by atoms with E-state index in [0.29, 0.717) is 32.2 Å². The number of thiophene rings is 1. The number of nitrogens with zero attached hydrogens (tertiary/aromatic N) is 1. The van der Waals surface area contributed by atoms with E-state index < -0.39 is 11.4 Å². The van der Waals surface area contributed by atoms with E-state index in [1.165, 1.54) is 4.88 Å². The summed E-state index contributed by atoms with van der Waals surface area (Å²) in [5.74, 6) is -0.728. The molecule has 0 aliphatic carbocycles. The van der Waals surface area contributed by atoms with Gasteiger partial charge in [-0.25, -0.2) is 0 Å². The van der Waals surface area contributed by atoms with Gasteiger partial charge in [0.2, 0.25) is 0 Å². The van der Waals surface area contributed by atoms with Gasteiger partial charge in [-0.05, 0) is 38.1 Å². The summed E-state index contributed by atoms with van der Waals surface area (Å²) in [6.45, 7) is 6.61. The predicted molar refractivity (Wildman–Crippen MR) is 80.0 cm³/mol. The highest BCUT2D eigenvalue weighted by Crippen LogP contribution is 2.31. The zero-order chi connectivity index (χ0) is 14.6. The fourth-order valence-electron chi connectivity index (χ4n) is 2.63. The number of aliphatic carboxylic acids is 1. The molecule has 1 aliphatic rings. The Labute approximate surface area is 124 Å². The van der Waals surface area contributed by atoms with Crippen molar-refractivity contribution in [2.45, 2.75) is 39.3 Å². The number of carboxylic acid groups (broad SMARTS) is 1. The van der Waals surface area contributed by atoms with Gasteiger partial charge in [0.25, 0.3) is 0 Å². The maximum atomic E-state index is 11.7. The van der Waals surface area contributed by atoms with Crippen molar-refractivity contribution in [3.8, 4) is 0 Å². The van der Waals surface area contributed by atoms with E-state index in [0.717, 1.165) is 13.0 Å². The van der Waals surface area contributed by atoms with Crippen LogP contribution in [0.5, 0.6) is 0 Å². The van der Waals surface area contributed by atoms with Crippen molar-refractivity contribution in [2.24, 2.45) is 5.41 Å². The van der Waals surface area contributed by atoms with Gasteiger partial charge in [-0.15, -0.1) is 11.3 Å². The number of carbonyl (C=O) groups is 1. The maximum absolute atomic E-state index is 11.7. The van der Waals surface area contributed by atoms with Gasteiger partial charge in [0, 0.05) is 30.6 Å². The topological polar surface area (TPSA) is 49.8 Å². The summed E-state index contributed by atoms with van der Waals surface area (Å²) in [6.07, 6.45) is 1.53. The highest BCUT2D eigenvalue weighted by molar-refractivity contribution is 7.09. The van der Waals surface area contributed by atoms with Crippen LogP contribution in [-0.2, 0) is 16.1 Å². The van der Waals surface area contributed by atoms with Crippen LogP contribution < -0.4 is 0 Å². The molecule has 112 valence electrons. The summed E-state index contributed by atoms with van der Waals surface area (Å²) in [7, 11) is 0. The lowest BCUT2D eigenvalue weighted by atomic mass is 9.81. The predicted octanol–water partition coefficient (Wildman–Crippen LogP) is 2.84. The highest BCUT2D eigenvalue weighted by atomic mass is 32.1. The Bertz CT molecular complexity index is 424. The van der Waals surface area contributed by atoms with Crippen LogP contribution in [0.2, 0.25) is 0 Å². The molecule has 0 radical (unpaired) electrons. The Morgan fingerprint density at radius 2 is 2.40 bits per heavy atom. The lowest BCUT2D eigenvalue weighted by Gasteiger charge is -2.39. The number of ether oxygens (including phenoxy) is 1. The summed E-state index contributed by atoms with van der Waals surface area (Å²) < 4.78 is 5.46. The molecule has 20 heavy (non-hydrogen) atoms. The van der Waals surface area contributed by atoms with E-state index in [1.54, 1.807) is 11.3 Å². The molecule has 1 unspecified atom stereocenters. The molecule has 1 aromatic rings. The van der Waals surface area contributed by atoms with Crippen LogP contribution in [0.3, 0.4) is 0 Å². The summed E-state index contributed by atoms with van der Waals surface area (Å²) >= 11 is 1.72. The smallest absolute Gasteiger partial charge is 0.313 e. The van der Waals surface area contributed by atoms with Gasteiger partial charge in [0.05, 0.1) is 6.61 Å². The molecule has 0 bridgehead atoms. The third-order valence-corrected chi connectivity index (χ3v) is 4.81. The summed E-state index contributed by atoms with van der Waals surface area (Å²) in [6, 6.07) is 4.45. The van der Waals surface area contributed by atoms with Crippen LogP contribution in [0.25, 0.3) is 0 Å². The van der Waals surface area contributed by atoms with E-state index in [4.69, 9.17) is 4.74 Å². The molecule has 1 aliphatic heterocycles. The van der Waals surface area contributed by atoms with Crippen LogP contribution >= 0.6 is 11.3 Å². The standard InChI is InChI=1S/C15H23NO3S/c1-12(2)16(9-13-5-3-8-20-13)10-15(14(17)18)6-4-7-19-11-15/h3,5,8,12H,4,6-7,9-11H2,1-2H3,(H,17,18). The first kappa shape index (κ1) is 15.5. The molecule has 5 heteroatoms. The Balaban J connectivity index is 2.10. The van der Waals surface area contributed by atoms with E-state index >= 15 is 0 Å². The molecule has 4 nitrogen and oxygen atoms in total. The fraction of sp³-hybridized carbons (Fsp3) is 0.667. The van der Waals surface area contributed by atoms with Crippen molar-refractivity contribution in [3.63, 3.8) is 0 Å². The SMILES string of the molecule is CC(C)N(Cc1cccs1)CC1(C(=O)O)CCCOC1. The third-order valence-electron chi connectivity index (χ3n) is 3.95. The normalized spacial score (nSPS) is 23.4. The van der Waals surface area contributed by atoms with Gasteiger partial charge in [-0.1, -0.05) is 6.07 Å². The van der Waals surface area contributed by atoms with E-state index in [2.05, 4.69) is 30.2 Å². The number of rotatable bonds is 6. The lowest BCUT2D eigenvalue weighted by molar-refractivity contribution is -0.160. The Kier molecular flexibility index (Phi) is 5.18. The number of carboxylic acids is 1. The summed E-state index contributed by atoms with van der Waals surface area (Å²) in [5.41, 5.74) is -0.750. The number of hydrogen-bond acceptors (Lipinski definition) is 4. The molecule has 0 amide bonds. The molecular weight excluding hydrogens is 274 g/mol. The van der Waals surface area contributed by atoms with Crippen molar-refractivity contribution >= 4 is 17.3 Å². The van der Waals surface area contributed by atoms with Gasteiger partial charge < -0.3 is 9.84 Å². The van der Waals surface area contributed by atoms with Gasteiger partial charge >= 0.3 is 5.97 Å². The third kappa shape index (κ3) is 3.59. The largest absolute Gasteiger partial charge is 0.481 e. The first-order chi connectivity index (χ1) is 9.53. The van der Waals surface area contributed by atoms with Crippen molar-refractivity contribution in [1.29, 1.82) is 0 Å². The minimum absolute atomic E-state index is 0.315. The highest BCUT2D eigenvalue weighted by Gasteiger charge is 2.42. The van der Waals surface area contributed by atoms with Crippen molar-refractivity contribution in [1.82, 2.24) is 4.90 Å². The van der Waals surface area contributed by atoms with Crippen LogP contribution in [0.4, 0.5) is 0 Å². The molecule has 1 aromatic heterocycles. The molecule has 2 rings (SSSR count). The first-order valence-electron chi connectivity index (χ1n) is 7.11. The minimum Gasteiger partial charge on any atom is -0.481 e. The van der Waals surface area contributed by atoms with E-state index in [-0.39, 0.29) is 0 Å². The Morgan fingerprint density at radius 1 is 1.60 bits per heavy atom. The second-order valence-electron chi connectivity index (χ2n) is 5.82. The first-order valence-corrected chi connectivity index (χ1v) is 7.99. The van der Waals surface area contributed by atoms with Gasteiger partial charge in [-0.2, -0.15) is 0 Å². The van der Waals surface area contributed by atoms with E-state index in [1.807, 2.05) is 6.07 Å². The number of hydrogen-bond donors (Lipinski definition) is 1. The zero-order valence-corrected chi connectivity index (χ0v) is 13.0. The van der Waals surface area contributed by atoms with Crippen LogP contribution in [-0.4, -0.2) is 41.8 Å². The van der Waals surface area contributed by atoms with Crippen LogP contribution in [0.1, 0.15) is 31.6 Å². The minimum atomic E-state index is -0.750. The van der Waals surface area contributed by atoms with Gasteiger partial charge in [0.15, 0.2) is 0 Å². The molecule has 1 saturated heterocycles. The molecular formula is C15H23NO3S. The molecule has 1 fully saturated rings. The molecule has 0 aromatic carbocycles. The van der Waals surface area contributed by atoms with Crippen molar-refractivity contribution in [3.05, 3.63) is 22.4 Å². The average molecular weight is 297 g/mol.